The number of nitrogens with one attached hydrogen (secondary N) is 1. The predicted molar refractivity (Wildman–Crippen MR) is 86.1 cm³/mol. The van der Waals surface area contributed by atoms with Gasteiger partial charge in [-0.2, -0.15) is 11.8 Å². The van der Waals surface area contributed by atoms with Gasteiger partial charge in [0.2, 0.25) is 0 Å². The molecule has 0 saturated heterocycles. The Labute approximate surface area is 126 Å². The van der Waals surface area contributed by atoms with E-state index in [9.17, 15) is 4.39 Å². The molecule has 0 heterocycles. The van der Waals surface area contributed by atoms with E-state index in [1.807, 2.05) is 17.8 Å². The number of ether oxygens (including phenoxy) is 1. The molecule has 0 spiro atoms. The quantitative estimate of drug-likeness (QED) is 0.657. The van der Waals surface area contributed by atoms with Crippen molar-refractivity contribution in [2.45, 2.75) is 33.7 Å². The van der Waals surface area contributed by atoms with E-state index >= 15 is 0 Å². The Hall–Kier alpha value is -0.740. The zero-order valence-electron chi connectivity index (χ0n) is 12.7. The zero-order chi connectivity index (χ0) is 14.8. The van der Waals surface area contributed by atoms with Gasteiger partial charge in [0.05, 0.1) is 6.61 Å². The van der Waals surface area contributed by atoms with Crippen LogP contribution in [-0.4, -0.2) is 24.7 Å². The van der Waals surface area contributed by atoms with E-state index in [4.69, 9.17) is 4.74 Å². The van der Waals surface area contributed by atoms with Crippen molar-refractivity contribution in [3.05, 3.63) is 29.6 Å². The van der Waals surface area contributed by atoms with Crippen molar-refractivity contribution < 1.29 is 9.13 Å². The summed E-state index contributed by atoms with van der Waals surface area (Å²) in [6.45, 7) is 8.71. The SMILES string of the molecule is CCSCCCOc1cc(F)cc(CNCC(C)C)c1. The largest absolute Gasteiger partial charge is 0.493 e. The highest BCUT2D eigenvalue weighted by Crippen LogP contribution is 2.17. The van der Waals surface area contributed by atoms with Crippen molar-refractivity contribution >= 4 is 11.8 Å². The Balaban J connectivity index is 2.40. The van der Waals surface area contributed by atoms with Crippen molar-refractivity contribution in [3.8, 4) is 5.75 Å². The summed E-state index contributed by atoms with van der Waals surface area (Å²) in [5, 5.41) is 3.31. The van der Waals surface area contributed by atoms with Crippen LogP contribution < -0.4 is 10.1 Å². The lowest BCUT2D eigenvalue weighted by molar-refractivity contribution is 0.316. The van der Waals surface area contributed by atoms with Gasteiger partial charge >= 0.3 is 0 Å². The molecule has 0 aliphatic carbocycles. The second-order valence-corrected chi connectivity index (χ2v) is 6.61. The maximum absolute atomic E-state index is 13.5. The fourth-order valence-electron chi connectivity index (χ4n) is 1.81. The summed E-state index contributed by atoms with van der Waals surface area (Å²) in [4.78, 5) is 0. The third kappa shape index (κ3) is 7.75. The van der Waals surface area contributed by atoms with Gasteiger partial charge < -0.3 is 10.1 Å². The molecule has 1 rings (SSSR count). The van der Waals surface area contributed by atoms with E-state index in [-0.39, 0.29) is 5.82 Å². The molecule has 4 heteroatoms. The summed E-state index contributed by atoms with van der Waals surface area (Å²) in [6, 6.07) is 4.94. The Bertz CT molecular complexity index is 385. The van der Waals surface area contributed by atoms with E-state index < -0.39 is 0 Å². The first-order valence-corrected chi connectivity index (χ1v) is 8.48. The third-order valence-corrected chi connectivity index (χ3v) is 3.70. The van der Waals surface area contributed by atoms with Gasteiger partial charge in [0, 0.05) is 12.6 Å². The van der Waals surface area contributed by atoms with Gasteiger partial charge in [-0.25, -0.2) is 4.39 Å². The number of thioether (sulfide) groups is 1. The highest BCUT2D eigenvalue weighted by atomic mass is 32.2. The maximum atomic E-state index is 13.5. The predicted octanol–water partition coefficient (Wildman–Crippen LogP) is 4.09. The Morgan fingerprint density at radius 3 is 2.80 bits per heavy atom. The second kappa shape index (κ2) is 10.1. The molecule has 114 valence electrons. The molecule has 0 bridgehead atoms. The van der Waals surface area contributed by atoms with Crippen molar-refractivity contribution in [1.82, 2.24) is 5.32 Å². The maximum Gasteiger partial charge on any atom is 0.127 e. The lowest BCUT2D eigenvalue weighted by atomic mass is 10.2. The molecule has 0 fully saturated rings. The van der Waals surface area contributed by atoms with E-state index in [0.29, 0.717) is 24.8 Å². The minimum atomic E-state index is -0.230. The van der Waals surface area contributed by atoms with E-state index in [1.165, 1.54) is 6.07 Å². The van der Waals surface area contributed by atoms with Crippen LogP contribution >= 0.6 is 11.8 Å². The third-order valence-electron chi connectivity index (χ3n) is 2.72. The average Bonchev–Trinajstić information content (AvgIpc) is 2.37. The summed E-state index contributed by atoms with van der Waals surface area (Å²) in [6.07, 6.45) is 0.996. The molecular weight excluding hydrogens is 273 g/mol. The number of halogens is 1. The first-order valence-electron chi connectivity index (χ1n) is 7.32. The van der Waals surface area contributed by atoms with E-state index in [0.717, 1.165) is 30.0 Å². The Kier molecular flexibility index (Phi) is 8.70. The van der Waals surface area contributed by atoms with Crippen molar-refractivity contribution in [2.24, 2.45) is 5.92 Å². The molecule has 0 aliphatic heterocycles. The highest BCUT2D eigenvalue weighted by molar-refractivity contribution is 7.99. The Morgan fingerprint density at radius 2 is 2.10 bits per heavy atom. The molecule has 0 aliphatic rings. The molecule has 1 aromatic carbocycles. The van der Waals surface area contributed by atoms with Crippen LogP contribution in [0.4, 0.5) is 4.39 Å². The lowest BCUT2D eigenvalue weighted by Gasteiger charge is -2.10. The first-order chi connectivity index (χ1) is 9.61. The van der Waals surface area contributed by atoms with Gasteiger partial charge in [-0.05, 0) is 48.1 Å². The molecular formula is C16H26FNOS. The molecule has 1 aromatic rings. The van der Waals surface area contributed by atoms with Crippen LogP contribution in [0.25, 0.3) is 0 Å². The van der Waals surface area contributed by atoms with E-state index in [1.54, 1.807) is 6.07 Å². The number of hydrogen-bond donors (Lipinski definition) is 1. The van der Waals surface area contributed by atoms with Crippen LogP contribution in [0.2, 0.25) is 0 Å². The summed E-state index contributed by atoms with van der Waals surface area (Å²) < 4.78 is 19.2. The van der Waals surface area contributed by atoms with Crippen LogP contribution in [0, 0.1) is 11.7 Å². The summed E-state index contributed by atoms with van der Waals surface area (Å²) in [5.74, 6) is 3.22. The topological polar surface area (TPSA) is 21.3 Å². The van der Waals surface area contributed by atoms with Crippen LogP contribution in [0.5, 0.6) is 5.75 Å². The number of benzene rings is 1. The van der Waals surface area contributed by atoms with Gasteiger partial charge in [0.15, 0.2) is 0 Å². The van der Waals surface area contributed by atoms with E-state index in [2.05, 4.69) is 26.1 Å². The molecule has 2 nitrogen and oxygen atoms in total. The molecule has 0 unspecified atom stereocenters. The molecule has 0 atom stereocenters. The smallest absolute Gasteiger partial charge is 0.127 e. The molecule has 1 N–H and O–H groups in total. The molecule has 0 aromatic heterocycles. The van der Waals surface area contributed by atoms with Gasteiger partial charge in [-0.1, -0.05) is 20.8 Å². The minimum Gasteiger partial charge on any atom is -0.493 e. The molecule has 0 saturated carbocycles. The monoisotopic (exact) mass is 299 g/mol. The average molecular weight is 299 g/mol. The molecule has 0 amide bonds. The van der Waals surface area contributed by atoms with Gasteiger partial charge in [0.25, 0.3) is 0 Å². The molecule has 0 radical (unpaired) electrons. The number of hydrogen-bond acceptors (Lipinski definition) is 3. The van der Waals surface area contributed by atoms with Crippen molar-refractivity contribution in [3.63, 3.8) is 0 Å². The van der Waals surface area contributed by atoms with Crippen molar-refractivity contribution in [2.75, 3.05) is 24.7 Å². The normalized spacial score (nSPS) is 11.1. The van der Waals surface area contributed by atoms with Gasteiger partial charge in [-0.3, -0.25) is 0 Å². The second-order valence-electron chi connectivity index (χ2n) is 5.22. The summed E-state index contributed by atoms with van der Waals surface area (Å²) >= 11 is 1.90. The highest BCUT2D eigenvalue weighted by Gasteiger charge is 2.03. The van der Waals surface area contributed by atoms with Gasteiger partial charge in [0.1, 0.15) is 11.6 Å². The molecule has 20 heavy (non-hydrogen) atoms. The minimum absolute atomic E-state index is 0.230. The standard InChI is InChI=1S/C16H26FNOS/c1-4-20-7-5-6-19-16-9-14(8-15(17)10-16)12-18-11-13(2)3/h8-10,13,18H,4-7,11-12H2,1-3H3. The zero-order valence-corrected chi connectivity index (χ0v) is 13.6. The fourth-order valence-corrected chi connectivity index (χ4v) is 2.42. The Morgan fingerprint density at radius 1 is 1.30 bits per heavy atom. The summed E-state index contributed by atoms with van der Waals surface area (Å²) in [5.41, 5.74) is 0.934. The van der Waals surface area contributed by atoms with Crippen LogP contribution in [0.1, 0.15) is 32.8 Å². The fraction of sp³-hybridized carbons (Fsp3) is 0.625. The van der Waals surface area contributed by atoms with Gasteiger partial charge in [-0.15, -0.1) is 0 Å². The lowest BCUT2D eigenvalue weighted by Crippen LogP contribution is -2.19. The van der Waals surface area contributed by atoms with Crippen LogP contribution in [0.3, 0.4) is 0 Å². The summed E-state index contributed by atoms with van der Waals surface area (Å²) in [7, 11) is 0. The van der Waals surface area contributed by atoms with Crippen LogP contribution in [0.15, 0.2) is 18.2 Å². The van der Waals surface area contributed by atoms with Crippen molar-refractivity contribution in [1.29, 1.82) is 0 Å². The van der Waals surface area contributed by atoms with Crippen LogP contribution in [-0.2, 0) is 6.54 Å². The number of rotatable bonds is 10. The first kappa shape index (κ1) is 17.3.